The van der Waals surface area contributed by atoms with E-state index in [2.05, 4.69) is 25.9 Å². The summed E-state index contributed by atoms with van der Waals surface area (Å²) < 4.78 is 45.2. The van der Waals surface area contributed by atoms with Gasteiger partial charge < -0.3 is 45.5 Å². The van der Waals surface area contributed by atoms with E-state index in [4.69, 9.17) is 19.8 Å². The summed E-state index contributed by atoms with van der Waals surface area (Å²) in [6, 6.07) is -1.23. The van der Waals surface area contributed by atoms with E-state index in [0.717, 1.165) is 11.3 Å². The van der Waals surface area contributed by atoms with Gasteiger partial charge in [-0.05, 0) is 34.1 Å². The van der Waals surface area contributed by atoms with E-state index < -0.39 is 68.6 Å². The maximum atomic E-state index is 13.3. The van der Waals surface area contributed by atoms with Crippen molar-refractivity contribution in [3.05, 3.63) is 55.8 Å². The molecular formula is C30H37N9O14S2. The average molecular weight is 812 g/mol. The number of likely N-dealkylation sites (tertiary alicyclic amines) is 1. The number of carbonyl (C=O) groups is 4. The number of carboxylic acid groups (broad SMARTS) is 1. The molecule has 3 aromatic heterocycles. The van der Waals surface area contributed by atoms with Crippen molar-refractivity contribution in [2.24, 2.45) is 5.16 Å². The molecule has 0 radical (unpaired) electrons. The van der Waals surface area contributed by atoms with Gasteiger partial charge in [-0.3, -0.25) is 29.0 Å². The first-order valence-corrected chi connectivity index (χ1v) is 18.5. The second-order valence-electron chi connectivity index (χ2n) is 13.0. The van der Waals surface area contributed by atoms with E-state index >= 15 is 0 Å². The van der Waals surface area contributed by atoms with Gasteiger partial charge in [-0.2, -0.15) is 13.1 Å². The van der Waals surface area contributed by atoms with Gasteiger partial charge in [-0.1, -0.05) is 10.3 Å². The zero-order valence-electron chi connectivity index (χ0n) is 29.6. The number of hydrogen-bond acceptors (Lipinski definition) is 18. The Hall–Kier alpha value is -5.63. The number of aliphatic carboxylic acids is 1. The molecule has 0 unspecified atom stereocenters. The van der Waals surface area contributed by atoms with Crippen LogP contribution in [0.5, 0.6) is 5.75 Å². The summed E-state index contributed by atoms with van der Waals surface area (Å²) in [6.45, 7) is 4.79. The predicted molar refractivity (Wildman–Crippen MR) is 186 cm³/mol. The van der Waals surface area contributed by atoms with E-state index in [-0.39, 0.29) is 71.0 Å². The Kier molecular flexibility index (Phi) is 11.5. The van der Waals surface area contributed by atoms with Crippen molar-refractivity contribution in [1.29, 1.82) is 0 Å². The average Bonchev–Trinajstić information content (AvgIpc) is 3.89. The summed E-state index contributed by atoms with van der Waals surface area (Å²) in [6.07, 6.45) is 0.493. The van der Waals surface area contributed by atoms with Crippen LogP contribution in [-0.2, 0) is 40.9 Å². The third kappa shape index (κ3) is 8.39. The van der Waals surface area contributed by atoms with Crippen LogP contribution in [0.2, 0.25) is 0 Å². The molecule has 0 aromatic carbocycles. The van der Waals surface area contributed by atoms with Crippen LogP contribution in [0.25, 0.3) is 0 Å². The van der Waals surface area contributed by atoms with Crippen molar-refractivity contribution in [3.8, 4) is 5.75 Å². The number of carboxylic acids is 1. The first-order valence-electron chi connectivity index (χ1n) is 16.2. The fourth-order valence-electron chi connectivity index (χ4n) is 5.65. The molecule has 2 fully saturated rings. The van der Waals surface area contributed by atoms with Gasteiger partial charge in [0.25, 0.3) is 17.7 Å². The van der Waals surface area contributed by atoms with E-state index in [0.29, 0.717) is 22.6 Å². The van der Waals surface area contributed by atoms with Crippen LogP contribution < -0.4 is 21.8 Å². The number of hydrogen-bond donors (Lipinski definition) is 7. The van der Waals surface area contributed by atoms with Crippen LogP contribution >= 0.6 is 11.3 Å². The maximum absolute atomic E-state index is 13.3. The van der Waals surface area contributed by atoms with Gasteiger partial charge >= 0.3 is 16.3 Å². The lowest BCUT2D eigenvalue weighted by molar-refractivity contribution is -0.161. The Balaban J connectivity index is 1.16. The molecule has 8 N–H and O–H groups in total. The molecule has 3 aromatic rings. The lowest BCUT2D eigenvalue weighted by Crippen LogP contribution is -2.74. The summed E-state index contributed by atoms with van der Waals surface area (Å²) in [4.78, 5) is 73.5. The van der Waals surface area contributed by atoms with Gasteiger partial charge in [0, 0.05) is 42.6 Å². The number of nitrogen functional groups attached to an aromatic ring is 1. The van der Waals surface area contributed by atoms with Gasteiger partial charge in [0.05, 0.1) is 18.5 Å². The maximum Gasteiger partial charge on any atom is 0.362 e. The van der Waals surface area contributed by atoms with E-state index in [9.17, 15) is 52.4 Å². The van der Waals surface area contributed by atoms with Crippen LogP contribution in [0.15, 0.2) is 25.9 Å². The number of nitrogens with one attached hydrogen (secondary N) is 2. The molecule has 2 aliphatic rings. The normalized spacial score (nSPS) is 19.0. The number of thiazole rings is 1. The lowest BCUT2D eigenvalue weighted by Gasteiger charge is -2.44. The number of oxime groups is 1. The van der Waals surface area contributed by atoms with Gasteiger partial charge in [0.2, 0.25) is 11.0 Å². The Morgan fingerprint density at radius 1 is 1.24 bits per heavy atom. The molecular weight excluding hydrogens is 775 g/mol. The van der Waals surface area contributed by atoms with Crippen LogP contribution in [0.3, 0.4) is 0 Å². The number of carbonyl (C=O) groups excluding carboxylic acids is 3. The van der Waals surface area contributed by atoms with Crippen molar-refractivity contribution >= 4 is 56.2 Å². The molecule has 3 atom stereocenters. The van der Waals surface area contributed by atoms with E-state index in [1.807, 2.05) is 0 Å². The van der Waals surface area contributed by atoms with Crippen molar-refractivity contribution in [3.63, 3.8) is 0 Å². The minimum Gasteiger partial charge on any atom is -0.503 e. The van der Waals surface area contributed by atoms with Crippen LogP contribution in [0, 0.1) is 13.8 Å². The SMILES string of the molecule is Cc1c(C(=O)N2CC[C@@H](c3cc(COCNC[C@@H]4[C@H](NC(=O)/C(=N\OC(C)(C)C(=O)O)c5csc(N)n5)C(=O)N4S(=O)(=O)O)on3)C2)n(O)c(C)c(O)c1=O. The Morgan fingerprint density at radius 3 is 2.58 bits per heavy atom. The molecule has 2 saturated heterocycles. The second-order valence-corrected chi connectivity index (χ2v) is 15.2. The highest BCUT2D eigenvalue weighted by atomic mass is 32.2. The molecule has 0 aliphatic carbocycles. The summed E-state index contributed by atoms with van der Waals surface area (Å²) in [5.74, 6) is -4.87. The number of aromatic hydroxyl groups is 1. The zero-order chi connectivity index (χ0) is 40.6. The molecule has 5 rings (SSSR count). The number of nitrogens with zero attached hydrogens (tertiary/aromatic N) is 6. The third-order valence-corrected chi connectivity index (χ3v) is 10.4. The number of amides is 3. The minimum atomic E-state index is -5.05. The van der Waals surface area contributed by atoms with Gasteiger partial charge in [-0.25, -0.2) is 14.1 Å². The smallest absolute Gasteiger partial charge is 0.362 e. The molecule has 0 saturated carbocycles. The van der Waals surface area contributed by atoms with Gasteiger partial charge in [0.1, 0.15) is 24.0 Å². The monoisotopic (exact) mass is 811 g/mol. The largest absolute Gasteiger partial charge is 0.503 e. The highest BCUT2D eigenvalue weighted by Crippen LogP contribution is 2.29. The quantitative estimate of drug-likeness (QED) is 0.0182. The van der Waals surface area contributed by atoms with Crippen molar-refractivity contribution in [1.82, 2.24) is 34.7 Å². The molecule has 55 heavy (non-hydrogen) atoms. The second kappa shape index (κ2) is 15.6. The first kappa shape index (κ1) is 40.6. The fourth-order valence-corrected chi connectivity index (χ4v) is 7.08. The molecule has 25 heteroatoms. The van der Waals surface area contributed by atoms with Crippen LogP contribution in [-0.4, -0.2) is 126 Å². The number of β-lactam (4-membered cyclic amide) rings is 1. The number of pyridine rings is 1. The van der Waals surface area contributed by atoms with Gasteiger partial charge in [-0.15, -0.1) is 11.3 Å². The summed E-state index contributed by atoms with van der Waals surface area (Å²) in [7, 11) is -5.05. The molecule has 23 nitrogen and oxygen atoms in total. The van der Waals surface area contributed by atoms with Crippen molar-refractivity contribution in [2.45, 2.75) is 64.3 Å². The topological polar surface area (TPSA) is 332 Å². The first-order chi connectivity index (χ1) is 25.7. The molecule has 0 bridgehead atoms. The van der Waals surface area contributed by atoms with Gasteiger partial charge in [0.15, 0.2) is 28.0 Å². The molecule has 3 amide bonds. The number of anilines is 1. The number of ether oxygens (including phenoxy) is 1. The lowest BCUT2D eigenvalue weighted by atomic mass is 9.98. The third-order valence-electron chi connectivity index (χ3n) is 8.82. The minimum absolute atomic E-state index is 0.0319. The predicted octanol–water partition coefficient (Wildman–Crippen LogP) is -1.09. The Labute approximate surface area is 315 Å². The van der Waals surface area contributed by atoms with Crippen molar-refractivity contribution in [2.75, 3.05) is 32.1 Å². The Bertz CT molecular complexity index is 2210. The summed E-state index contributed by atoms with van der Waals surface area (Å²) in [5.41, 5.74) is 2.34. The zero-order valence-corrected chi connectivity index (χ0v) is 31.2. The molecule has 298 valence electrons. The summed E-state index contributed by atoms with van der Waals surface area (Å²) in [5, 5.41) is 43.8. The fraction of sp³-hybridized carbons (Fsp3) is 0.467. The summed E-state index contributed by atoms with van der Waals surface area (Å²) >= 11 is 0.931. The Morgan fingerprint density at radius 2 is 1.95 bits per heavy atom. The van der Waals surface area contributed by atoms with Crippen LogP contribution in [0.1, 0.15) is 65.1 Å². The molecule has 0 spiro atoms. The van der Waals surface area contributed by atoms with E-state index in [1.165, 1.54) is 38.0 Å². The number of rotatable bonds is 15. The standard InChI is InChI=1S/C30H37N9O14S2/c1-13-22(38(47)14(2)24(41)23(13)40)27(44)37-6-5-15(9-37)17-7-16(52-35-17)10-51-12-32-8-19-21(26(43)39(19)55(48,49)50)34-25(42)20(18-11-54-29(31)33-18)36-53-30(3,4)28(45)46/h7,11,15,19,21,32,41,47H,5-6,8-10,12H2,1-4H3,(H2,31,33)(H,34,42)(H,45,46)(H,48,49,50)/b36-20-/t15-,19-,21+/m1/s1. The van der Waals surface area contributed by atoms with E-state index in [1.54, 1.807) is 6.07 Å². The highest BCUT2D eigenvalue weighted by Gasteiger charge is 2.54. The van der Waals surface area contributed by atoms with Crippen molar-refractivity contribution < 1.29 is 61.7 Å². The number of nitrogens with two attached hydrogens (primary N) is 1. The molecule has 2 aliphatic heterocycles. The molecule has 5 heterocycles. The van der Waals surface area contributed by atoms with Crippen LogP contribution in [0.4, 0.5) is 5.13 Å². The number of aromatic nitrogens is 3. The highest BCUT2D eigenvalue weighted by molar-refractivity contribution is 7.84.